The number of amides is 1. The van der Waals surface area contributed by atoms with Crippen molar-refractivity contribution in [2.24, 2.45) is 0 Å². The minimum atomic E-state index is -0.557. The Labute approximate surface area is 176 Å². The van der Waals surface area contributed by atoms with E-state index in [1.54, 1.807) is 24.3 Å². The minimum Gasteiger partial charge on any atom is -0.491 e. The Balaban J connectivity index is 1.55. The first kappa shape index (κ1) is 21.1. The molecular weight excluding hydrogens is 378 g/mol. The molecule has 3 aromatic carbocycles. The van der Waals surface area contributed by atoms with Gasteiger partial charge < -0.3 is 14.8 Å². The highest BCUT2D eigenvalue weighted by atomic mass is 16.5. The predicted molar refractivity (Wildman–Crippen MR) is 117 cm³/mol. The van der Waals surface area contributed by atoms with Gasteiger partial charge in [-0.05, 0) is 61.7 Å². The molecule has 0 saturated heterocycles. The Kier molecular flexibility index (Phi) is 7.22. The zero-order valence-corrected chi connectivity index (χ0v) is 17.1. The molecule has 30 heavy (non-hydrogen) atoms. The van der Waals surface area contributed by atoms with E-state index in [4.69, 9.17) is 9.47 Å². The molecule has 0 saturated carbocycles. The lowest BCUT2D eigenvalue weighted by atomic mass is 10.0. The van der Waals surface area contributed by atoms with Gasteiger partial charge in [-0.1, -0.05) is 48.5 Å². The zero-order valence-electron chi connectivity index (χ0n) is 17.1. The summed E-state index contributed by atoms with van der Waals surface area (Å²) in [6, 6.07) is 24.3. The molecule has 3 rings (SSSR count). The van der Waals surface area contributed by atoms with Crippen LogP contribution in [0.25, 0.3) is 0 Å². The molecule has 0 aliphatic rings. The summed E-state index contributed by atoms with van der Waals surface area (Å²) in [5.74, 6) is -0.267. The van der Waals surface area contributed by atoms with E-state index >= 15 is 0 Å². The molecule has 0 heterocycles. The highest BCUT2D eigenvalue weighted by Crippen LogP contribution is 2.19. The average molecular weight is 403 g/mol. The summed E-state index contributed by atoms with van der Waals surface area (Å²) in [7, 11) is 0. The van der Waals surface area contributed by atoms with Crippen molar-refractivity contribution in [1.29, 1.82) is 0 Å². The van der Waals surface area contributed by atoms with Crippen LogP contribution in [0.4, 0.5) is 5.69 Å². The van der Waals surface area contributed by atoms with E-state index in [0.29, 0.717) is 23.4 Å². The molecule has 0 bridgehead atoms. The number of benzene rings is 3. The van der Waals surface area contributed by atoms with Gasteiger partial charge in [0.15, 0.2) is 6.61 Å². The van der Waals surface area contributed by atoms with Crippen molar-refractivity contribution in [3.05, 3.63) is 95.6 Å². The summed E-state index contributed by atoms with van der Waals surface area (Å²) in [6.07, 6.45) is 0.748. The van der Waals surface area contributed by atoms with Crippen LogP contribution in [0.5, 0.6) is 5.75 Å². The standard InChI is InChI=1S/C25H25NO4/c1-18(2)30-22-14-12-20(13-15-22)25(28)29-17-24(27)26-23-11-7-6-10-21(23)16-19-8-4-3-5-9-19/h3-15,18H,16-17H2,1-2H3,(H,26,27). The second-order valence-electron chi connectivity index (χ2n) is 7.13. The third-order valence-electron chi connectivity index (χ3n) is 4.33. The first-order chi connectivity index (χ1) is 14.5. The number of hydrogen-bond acceptors (Lipinski definition) is 4. The Morgan fingerprint density at radius 1 is 0.867 bits per heavy atom. The maximum absolute atomic E-state index is 12.3. The largest absolute Gasteiger partial charge is 0.491 e. The maximum atomic E-state index is 12.3. The van der Waals surface area contributed by atoms with Gasteiger partial charge >= 0.3 is 5.97 Å². The van der Waals surface area contributed by atoms with Crippen LogP contribution in [0.15, 0.2) is 78.9 Å². The number of carbonyl (C=O) groups is 2. The zero-order chi connectivity index (χ0) is 21.3. The normalized spacial score (nSPS) is 10.5. The smallest absolute Gasteiger partial charge is 0.338 e. The Morgan fingerprint density at radius 3 is 2.23 bits per heavy atom. The molecule has 3 aromatic rings. The van der Waals surface area contributed by atoms with Crippen molar-refractivity contribution in [1.82, 2.24) is 0 Å². The van der Waals surface area contributed by atoms with Crippen LogP contribution < -0.4 is 10.1 Å². The summed E-state index contributed by atoms with van der Waals surface area (Å²) < 4.78 is 10.7. The molecule has 0 radical (unpaired) electrons. The van der Waals surface area contributed by atoms with Crippen LogP contribution in [-0.4, -0.2) is 24.6 Å². The van der Waals surface area contributed by atoms with Crippen LogP contribution in [0.2, 0.25) is 0 Å². The van der Waals surface area contributed by atoms with Crippen molar-refractivity contribution in [3.63, 3.8) is 0 Å². The summed E-state index contributed by atoms with van der Waals surface area (Å²) in [5.41, 5.74) is 3.21. The first-order valence-corrected chi connectivity index (χ1v) is 9.87. The molecule has 5 nitrogen and oxygen atoms in total. The maximum Gasteiger partial charge on any atom is 0.338 e. The molecule has 0 aromatic heterocycles. The van der Waals surface area contributed by atoms with E-state index < -0.39 is 5.97 Å². The summed E-state index contributed by atoms with van der Waals surface area (Å²) in [6.45, 7) is 3.50. The molecule has 0 aliphatic carbocycles. The van der Waals surface area contributed by atoms with E-state index in [1.165, 1.54) is 0 Å². The monoisotopic (exact) mass is 403 g/mol. The lowest BCUT2D eigenvalue weighted by Crippen LogP contribution is -2.21. The number of anilines is 1. The fourth-order valence-corrected chi connectivity index (χ4v) is 2.95. The highest BCUT2D eigenvalue weighted by molar-refractivity contribution is 5.96. The van der Waals surface area contributed by atoms with Gasteiger partial charge in [0.1, 0.15) is 5.75 Å². The van der Waals surface area contributed by atoms with Crippen molar-refractivity contribution >= 4 is 17.6 Å². The quantitative estimate of drug-likeness (QED) is 0.546. The fraction of sp³-hybridized carbons (Fsp3) is 0.200. The van der Waals surface area contributed by atoms with E-state index in [1.807, 2.05) is 68.4 Å². The van der Waals surface area contributed by atoms with Crippen LogP contribution >= 0.6 is 0 Å². The SMILES string of the molecule is CC(C)Oc1ccc(C(=O)OCC(=O)Nc2ccccc2Cc2ccccc2)cc1. The first-order valence-electron chi connectivity index (χ1n) is 9.87. The van der Waals surface area contributed by atoms with Crippen molar-refractivity contribution < 1.29 is 19.1 Å². The van der Waals surface area contributed by atoms with Crippen LogP contribution in [0, 0.1) is 0 Å². The van der Waals surface area contributed by atoms with Crippen molar-refractivity contribution in [2.75, 3.05) is 11.9 Å². The Morgan fingerprint density at radius 2 is 1.53 bits per heavy atom. The van der Waals surface area contributed by atoms with Gasteiger partial charge in [0.25, 0.3) is 5.91 Å². The van der Waals surface area contributed by atoms with Crippen molar-refractivity contribution in [3.8, 4) is 5.75 Å². The Bertz CT molecular complexity index is 982. The van der Waals surface area contributed by atoms with Gasteiger partial charge in [-0.15, -0.1) is 0 Å². The second kappa shape index (κ2) is 10.3. The molecule has 154 valence electrons. The topological polar surface area (TPSA) is 64.6 Å². The van der Waals surface area contributed by atoms with Gasteiger partial charge in [-0.25, -0.2) is 4.79 Å². The number of rotatable bonds is 8. The summed E-state index contributed by atoms with van der Waals surface area (Å²) in [5, 5.41) is 2.83. The molecule has 0 atom stereocenters. The Hall–Kier alpha value is -3.60. The number of esters is 1. The molecule has 1 amide bonds. The molecule has 1 N–H and O–H groups in total. The van der Waals surface area contributed by atoms with Gasteiger partial charge in [0, 0.05) is 5.69 Å². The fourth-order valence-electron chi connectivity index (χ4n) is 2.95. The number of ether oxygens (including phenoxy) is 2. The third-order valence-corrected chi connectivity index (χ3v) is 4.33. The lowest BCUT2D eigenvalue weighted by molar-refractivity contribution is -0.119. The molecule has 0 unspecified atom stereocenters. The van der Waals surface area contributed by atoms with Gasteiger partial charge in [-0.3, -0.25) is 4.79 Å². The predicted octanol–water partition coefficient (Wildman–Crippen LogP) is 4.86. The molecular formula is C25H25NO4. The van der Waals surface area contributed by atoms with E-state index in [2.05, 4.69) is 5.32 Å². The highest BCUT2D eigenvalue weighted by Gasteiger charge is 2.12. The minimum absolute atomic E-state index is 0.0521. The van der Waals surface area contributed by atoms with E-state index in [-0.39, 0.29) is 18.6 Å². The lowest BCUT2D eigenvalue weighted by Gasteiger charge is -2.12. The number of hydrogen-bond donors (Lipinski definition) is 1. The van der Waals surface area contributed by atoms with Crippen molar-refractivity contribution in [2.45, 2.75) is 26.4 Å². The molecule has 0 fully saturated rings. The summed E-state index contributed by atoms with van der Waals surface area (Å²) >= 11 is 0. The van der Waals surface area contributed by atoms with Crippen LogP contribution in [0.1, 0.15) is 35.3 Å². The molecule has 0 spiro atoms. The van der Waals surface area contributed by atoms with E-state index in [9.17, 15) is 9.59 Å². The average Bonchev–Trinajstić information content (AvgIpc) is 2.74. The van der Waals surface area contributed by atoms with Crippen LogP contribution in [-0.2, 0) is 16.0 Å². The summed E-state index contributed by atoms with van der Waals surface area (Å²) in [4.78, 5) is 24.5. The van der Waals surface area contributed by atoms with Gasteiger partial charge in [0.05, 0.1) is 11.7 Å². The number of nitrogens with one attached hydrogen (secondary N) is 1. The van der Waals surface area contributed by atoms with E-state index in [0.717, 1.165) is 11.1 Å². The van der Waals surface area contributed by atoms with Gasteiger partial charge in [0.2, 0.25) is 0 Å². The second-order valence-corrected chi connectivity index (χ2v) is 7.13. The van der Waals surface area contributed by atoms with Gasteiger partial charge in [-0.2, -0.15) is 0 Å². The van der Waals surface area contributed by atoms with Crippen LogP contribution in [0.3, 0.4) is 0 Å². The molecule has 0 aliphatic heterocycles. The number of para-hydroxylation sites is 1. The third kappa shape index (κ3) is 6.21. The number of carbonyl (C=O) groups excluding carboxylic acids is 2. The molecule has 5 heteroatoms.